The van der Waals surface area contributed by atoms with Crippen molar-refractivity contribution in [3.05, 3.63) is 82.7 Å². The van der Waals surface area contributed by atoms with E-state index in [9.17, 15) is 8.42 Å². The van der Waals surface area contributed by atoms with Crippen molar-refractivity contribution in [3.8, 4) is 0 Å². The van der Waals surface area contributed by atoms with E-state index in [2.05, 4.69) is 41.8 Å². The molecule has 1 aromatic heterocycles. The first-order chi connectivity index (χ1) is 14.9. The van der Waals surface area contributed by atoms with E-state index in [-0.39, 0.29) is 5.92 Å². The molecule has 2 aromatic carbocycles. The van der Waals surface area contributed by atoms with Gasteiger partial charge in [-0.05, 0) is 78.1 Å². The van der Waals surface area contributed by atoms with Gasteiger partial charge in [0.2, 0.25) is 10.0 Å². The molecule has 2 heterocycles. The molecule has 1 aliphatic heterocycles. The van der Waals surface area contributed by atoms with E-state index in [1.807, 2.05) is 31.2 Å². The second-order valence-corrected chi connectivity index (χ2v) is 11.1. The summed E-state index contributed by atoms with van der Waals surface area (Å²) in [5.74, 6) is 0.251. The van der Waals surface area contributed by atoms with Gasteiger partial charge in [0, 0.05) is 28.7 Å². The summed E-state index contributed by atoms with van der Waals surface area (Å²) in [4.78, 5) is 6.77. The van der Waals surface area contributed by atoms with Crippen LogP contribution in [0.2, 0.25) is 0 Å². The standard InChI is InChI=1S/C25H28N2O2S2/c1-17(2)25-18(3)24(31(28,29)27-14-12-19-7-6-13-26-16-19)15-23-21(25)11-10-20-8-4-5-9-22(20)30-23/h4-9,13,15-17,27H,10-12,14H2,1-3H3. The van der Waals surface area contributed by atoms with E-state index in [4.69, 9.17) is 0 Å². The van der Waals surface area contributed by atoms with Crippen LogP contribution in [0.3, 0.4) is 0 Å². The third-order valence-corrected chi connectivity index (χ3v) is 8.58. The zero-order chi connectivity index (χ0) is 22.0. The molecule has 0 spiro atoms. The Morgan fingerprint density at radius 1 is 1.10 bits per heavy atom. The van der Waals surface area contributed by atoms with Gasteiger partial charge in [0.25, 0.3) is 0 Å². The Morgan fingerprint density at radius 3 is 2.65 bits per heavy atom. The molecule has 0 saturated carbocycles. The fourth-order valence-electron chi connectivity index (χ4n) is 4.36. The number of nitrogens with one attached hydrogen (secondary N) is 1. The van der Waals surface area contributed by atoms with Crippen molar-refractivity contribution in [2.45, 2.75) is 60.6 Å². The Labute approximate surface area is 189 Å². The third kappa shape index (κ3) is 4.71. The van der Waals surface area contributed by atoms with Crippen molar-refractivity contribution >= 4 is 21.8 Å². The zero-order valence-electron chi connectivity index (χ0n) is 18.2. The van der Waals surface area contributed by atoms with Crippen LogP contribution in [-0.2, 0) is 29.3 Å². The third-order valence-electron chi connectivity index (χ3n) is 5.79. The minimum Gasteiger partial charge on any atom is -0.264 e. The molecule has 0 atom stereocenters. The molecule has 0 radical (unpaired) electrons. The first-order valence-corrected chi connectivity index (χ1v) is 13.0. The van der Waals surface area contributed by atoms with Gasteiger partial charge < -0.3 is 0 Å². The monoisotopic (exact) mass is 452 g/mol. The summed E-state index contributed by atoms with van der Waals surface area (Å²) in [5, 5.41) is 0. The Morgan fingerprint density at radius 2 is 1.90 bits per heavy atom. The number of nitrogens with zero attached hydrogens (tertiary/aromatic N) is 1. The molecule has 162 valence electrons. The summed E-state index contributed by atoms with van der Waals surface area (Å²) < 4.78 is 29.4. The number of pyridine rings is 1. The van der Waals surface area contributed by atoms with Crippen molar-refractivity contribution in [1.82, 2.24) is 9.71 Å². The number of benzene rings is 2. The second kappa shape index (κ2) is 9.15. The molecule has 6 heteroatoms. The molecule has 4 nitrogen and oxygen atoms in total. The van der Waals surface area contributed by atoms with Crippen molar-refractivity contribution in [3.63, 3.8) is 0 Å². The number of hydrogen-bond donors (Lipinski definition) is 1. The highest BCUT2D eigenvalue weighted by Crippen LogP contribution is 2.42. The van der Waals surface area contributed by atoms with Gasteiger partial charge in [-0.2, -0.15) is 0 Å². The molecule has 0 unspecified atom stereocenters. The molecule has 3 aromatic rings. The molecule has 31 heavy (non-hydrogen) atoms. The minimum absolute atomic E-state index is 0.251. The van der Waals surface area contributed by atoms with E-state index in [0.29, 0.717) is 17.9 Å². The first kappa shape index (κ1) is 22.1. The van der Waals surface area contributed by atoms with Gasteiger partial charge >= 0.3 is 0 Å². The SMILES string of the molecule is Cc1c(S(=O)(=O)NCCc2cccnc2)cc2c(c1C(C)C)CCc1ccccc1S2. The lowest BCUT2D eigenvalue weighted by atomic mass is 9.89. The van der Waals surface area contributed by atoms with Gasteiger partial charge in [-0.1, -0.05) is 49.9 Å². The quantitative estimate of drug-likeness (QED) is 0.552. The number of aromatic nitrogens is 1. The van der Waals surface area contributed by atoms with Crippen molar-refractivity contribution in [2.75, 3.05) is 6.54 Å². The molecule has 0 bridgehead atoms. The van der Waals surface area contributed by atoms with Crippen LogP contribution in [0.5, 0.6) is 0 Å². The van der Waals surface area contributed by atoms with E-state index < -0.39 is 10.0 Å². The molecule has 4 rings (SSSR count). The fourth-order valence-corrected chi connectivity index (χ4v) is 6.94. The lowest BCUT2D eigenvalue weighted by Crippen LogP contribution is -2.27. The number of fused-ring (bicyclic) bond motifs is 2. The van der Waals surface area contributed by atoms with E-state index in [0.717, 1.165) is 28.9 Å². The van der Waals surface area contributed by atoms with E-state index >= 15 is 0 Å². The summed E-state index contributed by atoms with van der Waals surface area (Å²) in [5.41, 5.74) is 5.68. The van der Waals surface area contributed by atoms with Gasteiger partial charge in [-0.25, -0.2) is 13.1 Å². The summed E-state index contributed by atoms with van der Waals surface area (Å²) in [7, 11) is -3.62. The highest BCUT2D eigenvalue weighted by molar-refractivity contribution is 7.99. The Hall–Kier alpha value is -2.15. The summed E-state index contributed by atoms with van der Waals surface area (Å²) in [6.07, 6.45) is 6.01. The summed E-state index contributed by atoms with van der Waals surface area (Å²) >= 11 is 1.69. The first-order valence-electron chi connectivity index (χ1n) is 10.7. The maximum absolute atomic E-state index is 13.3. The van der Waals surface area contributed by atoms with Gasteiger partial charge in [0.05, 0.1) is 4.90 Å². The average Bonchev–Trinajstić information content (AvgIpc) is 2.92. The van der Waals surface area contributed by atoms with Crippen LogP contribution in [0.25, 0.3) is 0 Å². The van der Waals surface area contributed by atoms with Crippen LogP contribution in [-0.4, -0.2) is 19.9 Å². The molecule has 1 N–H and O–H groups in total. The lowest BCUT2D eigenvalue weighted by molar-refractivity contribution is 0.580. The lowest BCUT2D eigenvalue weighted by Gasteiger charge is -2.22. The highest BCUT2D eigenvalue weighted by atomic mass is 32.2. The zero-order valence-corrected chi connectivity index (χ0v) is 19.8. The van der Waals surface area contributed by atoms with Crippen LogP contribution in [0.4, 0.5) is 0 Å². The molecule has 1 aliphatic rings. The van der Waals surface area contributed by atoms with E-state index in [1.54, 1.807) is 24.2 Å². The number of rotatable bonds is 6. The van der Waals surface area contributed by atoms with E-state index in [1.165, 1.54) is 21.6 Å². The second-order valence-electron chi connectivity index (χ2n) is 8.26. The predicted octanol–water partition coefficient (Wildman–Crippen LogP) is 5.28. The maximum Gasteiger partial charge on any atom is 0.240 e. The normalized spacial score (nSPS) is 13.5. The average molecular weight is 453 g/mol. The minimum atomic E-state index is -3.62. The Balaban J connectivity index is 1.69. The van der Waals surface area contributed by atoms with Gasteiger partial charge in [-0.3, -0.25) is 4.98 Å². The number of hydrogen-bond acceptors (Lipinski definition) is 4. The highest BCUT2D eigenvalue weighted by Gasteiger charge is 2.26. The Bertz CT molecular complexity index is 1190. The number of sulfonamides is 1. The maximum atomic E-state index is 13.3. The Kier molecular flexibility index (Phi) is 6.51. The van der Waals surface area contributed by atoms with Crippen LogP contribution in [0, 0.1) is 6.92 Å². The van der Waals surface area contributed by atoms with Crippen LogP contribution in [0.15, 0.2) is 69.5 Å². The molecule has 0 fully saturated rings. The largest absolute Gasteiger partial charge is 0.264 e. The van der Waals surface area contributed by atoms with Crippen molar-refractivity contribution in [1.29, 1.82) is 0 Å². The summed E-state index contributed by atoms with van der Waals surface area (Å²) in [6.45, 7) is 6.60. The van der Waals surface area contributed by atoms with Gasteiger partial charge in [0.15, 0.2) is 0 Å². The molecular weight excluding hydrogens is 424 g/mol. The fraction of sp³-hybridized carbons (Fsp3) is 0.320. The van der Waals surface area contributed by atoms with Crippen LogP contribution >= 0.6 is 11.8 Å². The van der Waals surface area contributed by atoms with Gasteiger partial charge in [0.1, 0.15) is 0 Å². The van der Waals surface area contributed by atoms with Crippen molar-refractivity contribution < 1.29 is 8.42 Å². The topological polar surface area (TPSA) is 59.1 Å². The van der Waals surface area contributed by atoms with Crippen LogP contribution in [0.1, 0.15) is 47.6 Å². The van der Waals surface area contributed by atoms with Crippen molar-refractivity contribution in [2.24, 2.45) is 0 Å². The molecule has 0 amide bonds. The smallest absolute Gasteiger partial charge is 0.240 e. The molecule has 0 aliphatic carbocycles. The molecule has 0 saturated heterocycles. The summed E-state index contributed by atoms with van der Waals surface area (Å²) in [6, 6.07) is 14.1. The molecular formula is C25H28N2O2S2. The number of aryl methyl sites for hydroxylation is 1. The van der Waals surface area contributed by atoms with Gasteiger partial charge in [-0.15, -0.1) is 0 Å². The van der Waals surface area contributed by atoms with Crippen LogP contribution < -0.4 is 4.72 Å². The predicted molar refractivity (Wildman–Crippen MR) is 126 cm³/mol.